The number of halogens is 3. The smallest absolute Gasteiger partial charge is 0.196 e. The van der Waals surface area contributed by atoms with Gasteiger partial charge in [0.05, 0.1) is 11.3 Å². The molecule has 190 valence electrons. The van der Waals surface area contributed by atoms with Gasteiger partial charge in [0.15, 0.2) is 11.7 Å². The first-order valence-corrected chi connectivity index (χ1v) is 13.2. The summed E-state index contributed by atoms with van der Waals surface area (Å²) in [6.45, 7) is 12.4. The zero-order valence-corrected chi connectivity index (χ0v) is 22.3. The Morgan fingerprint density at radius 1 is 0.829 bits per heavy atom. The molecule has 0 amide bonds. The van der Waals surface area contributed by atoms with E-state index < -0.39 is 11.7 Å². The quantitative estimate of drug-likeness (QED) is 0.319. The molecule has 6 heteroatoms. The molecule has 0 saturated carbocycles. The Balaban J connectivity index is 0.00000103. The Morgan fingerprint density at radius 3 is 2.14 bits per heavy atom. The van der Waals surface area contributed by atoms with Crippen molar-refractivity contribution in [2.75, 3.05) is 6.61 Å². The van der Waals surface area contributed by atoms with E-state index in [1.54, 1.807) is 13.0 Å². The maximum atomic E-state index is 15.2. The van der Waals surface area contributed by atoms with Crippen molar-refractivity contribution in [2.24, 2.45) is 0 Å². The molecule has 0 unspecified atom stereocenters. The third-order valence-electron chi connectivity index (χ3n) is 5.37. The standard InChI is InChI=1S/C25H23F3O2S.2C2H6/c1-3-15-8-12-21(24(28)22(15)26)30-14-19-13-17-7-11-20(23(27)25(17)31-19)16-5-9-18(10-6-16)29-4-2;2*1-2/h5-7,9-11,13H,3-4,8,12,14H2,1-2H3;2*1-2H3. The van der Waals surface area contributed by atoms with Crippen LogP contribution in [0, 0.1) is 5.82 Å². The van der Waals surface area contributed by atoms with Crippen LogP contribution < -0.4 is 4.74 Å². The lowest BCUT2D eigenvalue weighted by molar-refractivity contribution is 0.177. The van der Waals surface area contributed by atoms with Crippen molar-refractivity contribution in [1.82, 2.24) is 0 Å². The zero-order valence-electron chi connectivity index (χ0n) is 21.4. The number of thiophene rings is 1. The molecule has 1 aliphatic rings. The molecule has 35 heavy (non-hydrogen) atoms. The van der Waals surface area contributed by atoms with Crippen LogP contribution in [0.3, 0.4) is 0 Å². The van der Waals surface area contributed by atoms with Crippen LogP contribution in [0.1, 0.15) is 65.7 Å². The number of hydrogen-bond donors (Lipinski definition) is 0. The second-order valence-corrected chi connectivity index (χ2v) is 8.45. The van der Waals surface area contributed by atoms with E-state index in [2.05, 4.69) is 0 Å². The van der Waals surface area contributed by atoms with Crippen molar-refractivity contribution < 1.29 is 22.6 Å². The summed E-state index contributed by atoms with van der Waals surface area (Å²) < 4.78 is 55.0. The average molecular weight is 505 g/mol. The lowest BCUT2D eigenvalue weighted by atomic mass is 10.00. The van der Waals surface area contributed by atoms with Crippen molar-refractivity contribution in [3.05, 3.63) is 76.1 Å². The second kappa shape index (κ2) is 14.0. The van der Waals surface area contributed by atoms with Gasteiger partial charge < -0.3 is 9.47 Å². The molecule has 0 atom stereocenters. The van der Waals surface area contributed by atoms with Crippen LogP contribution in [0.25, 0.3) is 21.2 Å². The van der Waals surface area contributed by atoms with E-state index in [4.69, 9.17) is 9.47 Å². The molecule has 0 aliphatic heterocycles. The monoisotopic (exact) mass is 504 g/mol. The predicted molar refractivity (Wildman–Crippen MR) is 142 cm³/mol. The maximum Gasteiger partial charge on any atom is 0.196 e. The molecule has 0 N–H and O–H groups in total. The molecule has 2 aromatic carbocycles. The van der Waals surface area contributed by atoms with Gasteiger partial charge in [0.25, 0.3) is 0 Å². The topological polar surface area (TPSA) is 18.5 Å². The van der Waals surface area contributed by atoms with Crippen LogP contribution in [0.5, 0.6) is 5.75 Å². The summed E-state index contributed by atoms with van der Waals surface area (Å²) in [4.78, 5) is 0.753. The van der Waals surface area contributed by atoms with Crippen molar-refractivity contribution in [3.63, 3.8) is 0 Å². The summed E-state index contributed by atoms with van der Waals surface area (Å²) in [6, 6.07) is 12.7. The molecule has 0 radical (unpaired) electrons. The van der Waals surface area contributed by atoms with Gasteiger partial charge in [0, 0.05) is 16.9 Å². The van der Waals surface area contributed by atoms with Gasteiger partial charge in [0.1, 0.15) is 23.9 Å². The van der Waals surface area contributed by atoms with Crippen molar-refractivity contribution >= 4 is 21.4 Å². The van der Waals surface area contributed by atoms with Gasteiger partial charge in [-0.15, -0.1) is 11.3 Å². The van der Waals surface area contributed by atoms with Gasteiger partial charge in [-0.3, -0.25) is 0 Å². The molecule has 0 fully saturated rings. The highest BCUT2D eigenvalue weighted by Crippen LogP contribution is 2.37. The molecule has 1 aliphatic carbocycles. The molecule has 4 rings (SSSR count). The summed E-state index contributed by atoms with van der Waals surface area (Å²) >= 11 is 1.26. The molecular weight excluding hydrogens is 469 g/mol. The lowest BCUT2D eigenvalue weighted by Gasteiger charge is -2.17. The van der Waals surface area contributed by atoms with E-state index >= 15 is 4.39 Å². The fourth-order valence-corrected chi connectivity index (χ4v) is 4.71. The minimum Gasteiger partial charge on any atom is -0.494 e. The fourth-order valence-electron chi connectivity index (χ4n) is 3.70. The highest BCUT2D eigenvalue weighted by molar-refractivity contribution is 7.19. The second-order valence-electron chi connectivity index (χ2n) is 7.31. The maximum absolute atomic E-state index is 15.2. The number of fused-ring (bicyclic) bond motifs is 1. The van der Waals surface area contributed by atoms with E-state index in [1.807, 2.05) is 71.0 Å². The molecule has 0 spiro atoms. The molecule has 1 aromatic heterocycles. The minimum absolute atomic E-state index is 0.0303. The SMILES string of the molecule is CC.CC.CCOc1ccc(-c2ccc3cc(COC4=C(F)C(F)=C(CC)CC4)sc3c2F)cc1. The Labute approximate surface area is 211 Å². The highest BCUT2D eigenvalue weighted by atomic mass is 32.1. The number of allylic oxidation sites excluding steroid dienone is 4. The van der Waals surface area contributed by atoms with Crippen molar-refractivity contribution in [2.45, 2.75) is 67.4 Å². The van der Waals surface area contributed by atoms with Crippen molar-refractivity contribution in [1.29, 1.82) is 0 Å². The number of rotatable bonds is 7. The lowest BCUT2D eigenvalue weighted by Crippen LogP contribution is -2.04. The van der Waals surface area contributed by atoms with Crippen LogP contribution >= 0.6 is 11.3 Å². The van der Waals surface area contributed by atoms with E-state index in [1.165, 1.54) is 11.3 Å². The van der Waals surface area contributed by atoms with E-state index in [0.717, 1.165) is 21.6 Å². The number of ether oxygens (including phenoxy) is 2. The summed E-state index contributed by atoms with van der Waals surface area (Å²) in [6.07, 6.45) is 1.28. The normalized spacial score (nSPS) is 13.2. The van der Waals surface area contributed by atoms with E-state index in [0.29, 0.717) is 41.7 Å². The minimum atomic E-state index is -0.909. The number of benzene rings is 2. The largest absolute Gasteiger partial charge is 0.494 e. The van der Waals surface area contributed by atoms with Crippen LogP contribution in [0.15, 0.2) is 65.5 Å². The van der Waals surface area contributed by atoms with Gasteiger partial charge in [-0.2, -0.15) is 0 Å². The molecule has 2 nitrogen and oxygen atoms in total. The summed E-state index contributed by atoms with van der Waals surface area (Å²) in [5.41, 5.74) is 1.75. The first-order chi connectivity index (χ1) is 17.0. The summed E-state index contributed by atoms with van der Waals surface area (Å²) in [5, 5.41) is 0.758. The Morgan fingerprint density at radius 2 is 1.51 bits per heavy atom. The third-order valence-corrected chi connectivity index (χ3v) is 6.49. The van der Waals surface area contributed by atoms with E-state index in [9.17, 15) is 8.78 Å². The van der Waals surface area contributed by atoms with Crippen LogP contribution in [0.2, 0.25) is 0 Å². The number of hydrogen-bond acceptors (Lipinski definition) is 3. The van der Waals surface area contributed by atoms with Gasteiger partial charge >= 0.3 is 0 Å². The Kier molecular flexibility index (Phi) is 11.4. The molecule has 3 aromatic rings. The fraction of sp³-hybridized carbons (Fsp3) is 0.379. The molecule has 0 saturated heterocycles. The molecule has 1 heterocycles. The van der Waals surface area contributed by atoms with Crippen LogP contribution in [-0.4, -0.2) is 6.61 Å². The van der Waals surface area contributed by atoms with Gasteiger partial charge in [0.2, 0.25) is 0 Å². The van der Waals surface area contributed by atoms with Crippen molar-refractivity contribution in [3.8, 4) is 16.9 Å². The molecule has 0 bridgehead atoms. The Hall–Kier alpha value is -2.73. The third kappa shape index (κ3) is 6.69. The van der Waals surface area contributed by atoms with Crippen LogP contribution in [0.4, 0.5) is 13.2 Å². The average Bonchev–Trinajstić information content (AvgIpc) is 3.33. The van der Waals surface area contributed by atoms with Crippen LogP contribution in [-0.2, 0) is 11.3 Å². The van der Waals surface area contributed by atoms with Gasteiger partial charge in [-0.25, -0.2) is 13.2 Å². The van der Waals surface area contributed by atoms with E-state index in [-0.39, 0.29) is 18.2 Å². The summed E-state index contributed by atoms with van der Waals surface area (Å²) in [5.74, 6) is -1.24. The molecular formula is C29H35F3O2S. The zero-order chi connectivity index (χ0) is 26.0. The van der Waals surface area contributed by atoms with Gasteiger partial charge in [-0.05, 0) is 54.5 Å². The predicted octanol–water partition coefficient (Wildman–Crippen LogP) is 10.3. The first-order valence-electron chi connectivity index (χ1n) is 12.3. The van der Waals surface area contributed by atoms with Gasteiger partial charge in [-0.1, -0.05) is 58.9 Å². The first kappa shape index (κ1) is 28.5. The summed E-state index contributed by atoms with van der Waals surface area (Å²) in [7, 11) is 0. The Bertz CT molecular complexity index is 1160. The highest BCUT2D eigenvalue weighted by Gasteiger charge is 2.23.